The van der Waals surface area contributed by atoms with E-state index < -0.39 is 17.5 Å². The van der Waals surface area contributed by atoms with Crippen LogP contribution in [0.1, 0.15) is 64.2 Å². The SMILES string of the molecule is Cc1oc2c(c1C(=O)Oc1ccc(C(=O)c3ccccc3)cc1)C(=O)c1ncccc1C2=O. The number of esters is 1. The number of aryl methyl sites for hydroxylation is 1. The van der Waals surface area contributed by atoms with Gasteiger partial charge in [0.25, 0.3) is 0 Å². The van der Waals surface area contributed by atoms with Gasteiger partial charge in [-0.1, -0.05) is 30.3 Å². The van der Waals surface area contributed by atoms with Gasteiger partial charge in [-0.3, -0.25) is 19.4 Å². The maximum Gasteiger partial charge on any atom is 0.347 e. The smallest absolute Gasteiger partial charge is 0.347 e. The second-order valence-corrected chi connectivity index (χ2v) is 7.40. The zero-order valence-corrected chi connectivity index (χ0v) is 17.3. The van der Waals surface area contributed by atoms with E-state index in [-0.39, 0.29) is 45.4 Å². The van der Waals surface area contributed by atoms with Gasteiger partial charge in [-0.15, -0.1) is 0 Å². The number of hydrogen-bond acceptors (Lipinski definition) is 7. The van der Waals surface area contributed by atoms with Crippen LogP contribution in [-0.4, -0.2) is 28.3 Å². The van der Waals surface area contributed by atoms with E-state index in [4.69, 9.17) is 9.15 Å². The minimum Gasteiger partial charge on any atom is -0.456 e. The lowest BCUT2D eigenvalue weighted by Crippen LogP contribution is -2.23. The number of nitrogens with zero attached hydrogens (tertiary/aromatic N) is 1. The summed E-state index contributed by atoms with van der Waals surface area (Å²) in [6, 6.07) is 17.9. The highest BCUT2D eigenvalue weighted by Crippen LogP contribution is 2.33. The molecule has 160 valence electrons. The summed E-state index contributed by atoms with van der Waals surface area (Å²) in [5, 5.41) is 0. The summed E-state index contributed by atoms with van der Waals surface area (Å²) < 4.78 is 10.9. The van der Waals surface area contributed by atoms with Gasteiger partial charge in [0.2, 0.25) is 11.6 Å². The molecule has 0 spiro atoms. The molecule has 1 aliphatic rings. The van der Waals surface area contributed by atoms with E-state index in [1.165, 1.54) is 31.3 Å². The number of ether oxygens (including phenoxy) is 1. The van der Waals surface area contributed by atoms with Gasteiger partial charge in [0.15, 0.2) is 11.5 Å². The Kier molecular flexibility index (Phi) is 4.79. The number of fused-ring (bicyclic) bond motifs is 2. The molecule has 7 heteroatoms. The van der Waals surface area contributed by atoms with Crippen molar-refractivity contribution in [3.05, 3.63) is 118 Å². The number of pyridine rings is 1. The Hall–Kier alpha value is -4.65. The van der Waals surface area contributed by atoms with Crippen LogP contribution in [0, 0.1) is 6.92 Å². The lowest BCUT2D eigenvalue weighted by Gasteiger charge is -2.12. The summed E-state index contributed by atoms with van der Waals surface area (Å²) >= 11 is 0. The van der Waals surface area contributed by atoms with Crippen molar-refractivity contribution < 1.29 is 28.3 Å². The van der Waals surface area contributed by atoms with E-state index in [0.717, 1.165) is 0 Å². The van der Waals surface area contributed by atoms with E-state index in [2.05, 4.69) is 4.98 Å². The molecule has 0 atom stereocenters. The van der Waals surface area contributed by atoms with Crippen LogP contribution in [0.4, 0.5) is 0 Å². The third-order valence-electron chi connectivity index (χ3n) is 5.35. The highest BCUT2D eigenvalue weighted by Gasteiger charge is 2.39. The third-order valence-corrected chi connectivity index (χ3v) is 5.35. The molecule has 0 unspecified atom stereocenters. The molecule has 0 radical (unpaired) electrons. The molecular weight excluding hydrogens is 422 g/mol. The van der Waals surface area contributed by atoms with Crippen LogP contribution >= 0.6 is 0 Å². The van der Waals surface area contributed by atoms with Gasteiger partial charge >= 0.3 is 5.97 Å². The summed E-state index contributed by atoms with van der Waals surface area (Å²) in [4.78, 5) is 55.2. The van der Waals surface area contributed by atoms with Crippen molar-refractivity contribution >= 4 is 23.3 Å². The third kappa shape index (κ3) is 3.36. The number of rotatable bonds is 4. The molecule has 1 aliphatic carbocycles. The fourth-order valence-electron chi connectivity index (χ4n) is 3.77. The van der Waals surface area contributed by atoms with Crippen molar-refractivity contribution in [2.75, 3.05) is 0 Å². The van der Waals surface area contributed by atoms with Gasteiger partial charge < -0.3 is 9.15 Å². The quantitative estimate of drug-likeness (QED) is 0.236. The summed E-state index contributed by atoms with van der Waals surface area (Å²) in [5.74, 6) is -2.04. The second kappa shape index (κ2) is 7.80. The maximum atomic E-state index is 13.0. The first kappa shape index (κ1) is 20.3. The Labute approximate surface area is 187 Å². The summed E-state index contributed by atoms with van der Waals surface area (Å²) in [7, 11) is 0. The van der Waals surface area contributed by atoms with Crippen LogP contribution in [0.5, 0.6) is 5.75 Å². The first-order chi connectivity index (χ1) is 16.0. The number of furan rings is 1. The van der Waals surface area contributed by atoms with Crippen molar-refractivity contribution in [1.82, 2.24) is 4.98 Å². The highest BCUT2D eigenvalue weighted by molar-refractivity contribution is 6.29. The van der Waals surface area contributed by atoms with Crippen molar-refractivity contribution in [2.45, 2.75) is 6.92 Å². The first-order valence-corrected chi connectivity index (χ1v) is 10.1. The van der Waals surface area contributed by atoms with E-state index in [1.54, 1.807) is 42.5 Å². The molecule has 0 N–H and O–H groups in total. The van der Waals surface area contributed by atoms with Crippen LogP contribution < -0.4 is 4.74 Å². The zero-order valence-electron chi connectivity index (χ0n) is 17.3. The Morgan fingerprint density at radius 3 is 2.27 bits per heavy atom. The molecule has 33 heavy (non-hydrogen) atoms. The van der Waals surface area contributed by atoms with Crippen LogP contribution in [0.2, 0.25) is 0 Å². The van der Waals surface area contributed by atoms with Crippen LogP contribution in [0.15, 0.2) is 77.3 Å². The second-order valence-electron chi connectivity index (χ2n) is 7.40. The normalized spacial score (nSPS) is 12.2. The Balaban J connectivity index is 1.43. The zero-order chi connectivity index (χ0) is 23.1. The molecule has 2 aromatic carbocycles. The number of benzene rings is 2. The molecule has 0 saturated carbocycles. The number of hydrogen-bond donors (Lipinski definition) is 0. The van der Waals surface area contributed by atoms with Crippen molar-refractivity contribution in [2.24, 2.45) is 0 Å². The maximum absolute atomic E-state index is 13.0. The minimum atomic E-state index is -0.847. The lowest BCUT2D eigenvalue weighted by atomic mass is 9.90. The average molecular weight is 437 g/mol. The van der Waals surface area contributed by atoms with Crippen LogP contribution in [0.25, 0.3) is 0 Å². The number of aromatic nitrogens is 1. The summed E-state index contributed by atoms with van der Waals surface area (Å²) in [6.07, 6.45) is 1.40. The van der Waals surface area contributed by atoms with Crippen molar-refractivity contribution in [1.29, 1.82) is 0 Å². The van der Waals surface area contributed by atoms with Gasteiger partial charge in [0, 0.05) is 17.3 Å². The number of ketones is 3. The molecule has 0 aliphatic heterocycles. The van der Waals surface area contributed by atoms with Gasteiger partial charge in [-0.2, -0.15) is 0 Å². The minimum absolute atomic E-state index is 0.0337. The van der Waals surface area contributed by atoms with Gasteiger partial charge in [0.05, 0.1) is 11.1 Å². The molecule has 2 aromatic heterocycles. The Bertz CT molecular complexity index is 1450. The average Bonchev–Trinajstić information content (AvgIpc) is 3.20. The van der Waals surface area contributed by atoms with Gasteiger partial charge in [-0.25, -0.2) is 4.79 Å². The van der Waals surface area contributed by atoms with Crippen LogP contribution in [-0.2, 0) is 0 Å². The fraction of sp³-hybridized carbons (Fsp3) is 0.0385. The lowest BCUT2D eigenvalue weighted by molar-refractivity contribution is 0.0729. The molecule has 0 saturated heterocycles. The van der Waals surface area contributed by atoms with Crippen molar-refractivity contribution in [3.8, 4) is 5.75 Å². The number of carbonyl (C=O) groups is 4. The Morgan fingerprint density at radius 2 is 1.55 bits per heavy atom. The van der Waals surface area contributed by atoms with E-state index in [0.29, 0.717) is 11.1 Å². The predicted molar refractivity (Wildman–Crippen MR) is 116 cm³/mol. The van der Waals surface area contributed by atoms with Gasteiger partial charge in [-0.05, 0) is 43.3 Å². The van der Waals surface area contributed by atoms with Gasteiger partial charge in [0.1, 0.15) is 22.8 Å². The molecule has 0 fully saturated rings. The Morgan fingerprint density at radius 1 is 0.848 bits per heavy atom. The molecule has 5 rings (SSSR count). The van der Waals surface area contributed by atoms with Crippen LogP contribution in [0.3, 0.4) is 0 Å². The molecule has 0 amide bonds. The van der Waals surface area contributed by atoms with E-state index >= 15 is 0 Å². The highest BCUT2D eigenvalue weighted by atomic mass is 16.5. The number of carbonyl (C=O) groups excluding carboxylic acids is 4. The van der Waals surface area contributed by atoms with E-state index in [1.807, 2.05) is 6.07 Å². The predicted octanol–water partition coefficient (Wildman–Crippen LogP) is 4.21. The fourth-order valence-corrected chi connectivity index (χ4v) is 3.77. The molecule has 2 heterocycles. The topological polar surface area (TPSA) is 104 Å². The van der Waals surface area contributed by atoms with Crippen molar-refractivity contribution in [3.63, 3.8) is 0 Å². The van der Waals surface area contributed by atoms with E-state index in [9.17, 15) is 19.2 Å². The largest absolute Gasteiger partial charge is 0.456 e. The molecular formula is C26H15NO6. The summed E-state index contributed by atoms with van der Waals surface area (Å²) in [5.41, 5.74) is 0.797. The molecule has 7 nitrogen and oxygen atoms in total. The molecule has 4 aromatic rings. The summed E-state index contributed by atoms with van der Waals surface area (Å²) in [6.45, 7) is 1.48. The monoisotopic (exact) mass is 437 g/mol. The standard InChI is InChI=1S/C26H15NO6/c1-14-19(20-24(30)21-18(8-5-13-27-21)23(29)25(20)32-14)26(31)33-17-11-9-16(10-12-17)22(28)15-6-3-2-4-7-15/h2-13H,1H3. The first-order valence-electron chi connectivity index (χ1n) is 10.1. The molecule has 0 bridgehead atoms.